The molecule has 326 valence electrons. The average molecular weight is 845 g/mol. The van der Waals surface area contributed by atoms with Gasteiger partial charge in [-0.3, -0.25) is 14.4 Å². The molecule has 3 aromatic carbocycles. The highest BCUT2D eigenvalue weighted by molar-refractivity contribution is 5.92. The number of methoxy groups -OCH3 is 2. The monoisotopic (exact) mass is 844 g/mol. The molecule has 0 radical (unpaired) electrons. The molecule has 1 saturated carbocycles. The third kappa shape index (κ3) is 8.24. The number of fused-ring (bicyclic) bond motifs is 3. The maximum Gasteiger partial charge on any atom is 0.407 e. The summed E-state index contributed by atoms with van der Waals surface area (Å²) in [6, 6.07) is 15.9. The molecule has 3 aliphatic rings. The number of hydrogen-bond donors (Lipinski definition) is 4. The highest BCUT2D eigenvalue weighted by Crippen LogP contribution is 2.46. The summed E-state index contributed by atoms with van der Waals surface area (Å²) >= 11 is 0. The smallest absolute Gasteiger partial charge is 0.407 e. The third-order valence-corrected chi connectivity index (χ3v) is 13.1. The lowest BCUT2D eigenvalue weighted by Crippen LogP contribution is -2.54. The van der Waals surface area contributed by atoms with Crippen LogP contribution in [0.5, 0.6) is 0 Å². The topological polar surface area (TPSA) is 192 Å². The van der Waals surface area contributed by atoms with Crippen LogP contribution in [-0.2, 0) is 19.1 Å². The zero-order chi connectivity index (χ0) is 43.8. The lowest BCUT2D eigenvalue weighted by molar-refractivity contribution is -0.138. The van der Waals surface area contributed by atoms with Gasteiger partial charge in [-0.25, -0.2) is 19.6 Å². The fourth-order valence-electron chi connectivity index (χ4n) is 9.81. The summed E-state index contributed by atoms with van der Waals surface area (Å²) in [5.74, 6) is 0.788. The van der Waals surface area contributed by atoms with Crippen molar-refractivity contribution in [2.45, 2.75) is 103 Å². The number of amides is 4. The van der Waals surface area contributed by atoms with Crippen molar-refractivity contribution in [3.05, 3.63) is 82.8 Å². The van der Waals surface area contributed by atoms with E-state index in [0.717, 1.165) is 71.7 Å². The molecule has 4 heterocycles. The molecule has 8 rings (SSSR count). The van der Waals surface area contributed by atoms with Gasteiger partial charge in [0.15, 0.2) is 0 Å². The average Bonchev–Trinajstić information content (AvgIpc) is 4.05. The van der Waals surface area contributed by atoms with Crippen molar-refractivity contribution in [3.8, 4) is 22.4 Å². The Morgan fingerprint density at radius 2 is 1.35 bits per heavy atom. The van der Waals surface area contributed by atoms with E-state index in [-0.39, 0.29) is 47.2 Å². The van der Waals surface area contributed by atoms with Gasteiger partial charge in [-0.1, -0.05) is 70.9 Å². The number of hydrogen-bond acceptors (Lipinski definition) is 9. The van der Waals surface area contributed by atoms with E-state index in [0.29, 0.717) is 35.5 Å². The number of aromatic nitrogens is 4. The molecule has 3 fully saturated rings. The number of imidazole rings is 1. The number of carbonyl (C=O) groups is 4. The summed E-state index contributed by atoms with van der Waals surface area (Å²) in [4.78, 5) is 85.9. The lowest BCUT2D eigenvalue weighted by atomic mass is 9.84. The van der Waals surface area contributed by atoms with Crippen LogP contribution in [0.4, 0.5) is 9.59 Å². The maximum atomic E-state index is 14.3. The Kier molecular flexibility index (Phi) is 12.1. The molecule has 4 N–H and O–H groups in total. The molecule has 5 aromatic rings. The number of benzene rings is 3. The van der Waals surface area contributed by atoms with Crippen LogP contribution in [0, 0.1) is 17.8 Å². The zero-order valence-electron chi connectivity index (χ0n) is 36.2. The van der Waals surface area contributed by atoms with Gasteiger partial charge < -0.3 is 39.9 Å². The molecule has 2 saturated heterocycles. The van der Waals surface area contributed by atoms with Crippen LogP contribution in [-0.4, -0.2) is 92.6 Å². The SMILES string of the molecule is COC(=O)N[C@H](C(=O)N1CCC[C@H]1c1ncc(-c2ccc3cc(-c4ccc5c(=O)[nH]c([C@@H]6C[C@@H]7CCCC[C@@H]7N6C(=O)[C@@H](NC(=O)OC)C(C)C)nc5c4)ccc3c2)[nH]1)C(C)C. The molecule has 62 heavy (non-hydrogen) atoms. The molecule has 2 aliphatic heterocycles. The highest BCUT2D eigenvalue weighted by atomic mass is 16.5. The Morgan fingerprint density at radius 1 is 0.726 bits per heavy atom. The van der Waals surface area contributed by atoms with E-state index in [1.807, 2.05) is 50.8 Å². The number of alkyl carbamates (subject to hydrolysis) is 2. The molecule has 0 unspecified atom stereocenters. The van der Waals surface area contributed by atoms with Gasteiger partial charge in [-0.15, -0.1) is 0 Å². The molecular weight excluding hydrogens is 789 g/mol. The van der Waals surface area contributed by atoms with Gasteiger partial charge in [0.05, 0.1) is 49.1 Å². The summed E-state index contributed by atoms with van der Waals surface area (Å²) in [7, 11) is 2.57. The molecule has 0 spiro atoms. The van der Waals surface area contributed by atoms with Gasteiger partial charge in [0, 0.05) is 18.2 Å². The molecule has 2 aromatic heterocycles. The Morgan fingerprint density at radius 3 is 2.05 bits per heavy atom. The minimum Gasteiger partial charge on any atom is -0.453 e. The van der Waals surface area contributed by atoms with Crippen molar-refractivity contribution in [3.63, 3.8) is 0 Å². The summed E-state index contributed by atoms with van der Waals surface area (Å²) in [5.41, 5.74) is 3.93. The van der Waals surface area contributed by atoms with Gasteiger partial charge >= 0.3 is 12.2 Å². The quantitative estimate of drug-likeness (QED) is 0.111. The standard InChI is InChI=1S/C47H56N8O7/c1-25(2)39(51-46(59)61-5)44(57)54-19-9-12-37(54)41-48-24-35(50-41)31-16-15-27-20-28(13-14-29(27)21-31)30-17-18-33-34(22-30)49-42(53-43(33)56)38-23-32-10-7-8-11-36(32)55(38)45(58)40(26(3)4)52-47(60)62-6/h13-18,20-22,24-26,32,36-40H,7-12,19,23H2,1-6H3,(H,48,50)(H,51,59)(H,52,60)(H,49,53,56)/t32-,36-,37-,38-,39-,40-/m0/s1. The summed E-state index contributed by atoms with van der Waals surface area (Å²) in [5, 5.41) is 7.97. The zero-order valence-corrected chi connectivity index (χ0v) is 36.2. The fourth-order valence-corrected chi connectivity index (χ4v) is 9.81. The first-order valence-corrected chi connectivity index (χ1v) is 21.8. The van der Waals surface area contributed by atoms with Crippen molar-refractivity contribution >= 4 is 45.7 Å². The first-order valence-electron chi connectivity index (χ1n) is 21.8. The number of H-pyrrole nitrogens is 2. The number of carbonyl (C=O) groups excluding carboxylic acids is 4. The van der Waals surface area contributed by atoms with Gasteiger partial charge in [-0.2, -0.15) is 0 Å². The number of aromatic amines is 2. The fraction of sp³-hybridized carbons (Fsp3) is 0.468. The Labute approximate surface area is 360 Å². The Bertz CT molecular complexity index is 2570. The number of nitrogens with one attached hydrogen (secondary N) is 4. The molecule has 15 nitrogen and oxygen atoms in total. The van der Waals surface area contributed by atoms with Crippen molar-refractivity contribution < 1.29 is 28.7 Å². The van der Waals surface area contributed by atoms with Crippen LogP contribution in [0.1, 0.15) is 96.4 Å². The number of rotatable bonds is 10. The largest absolute Gasteiger partial charge is 0.453 e. The molecule has 4 amide bonds. The van der Waals surface area contributed by atoms with Crippen LogP contribution in [0.25, 0.3) is 44.1 Å². The number of ether oxygens (including phenoxy) is 2. The van der Waals surface area contributed by atoms with E-state index >= 15 is 0 Å². The second-order valence-corrected chi connectivity index (χ2v) is 17.7. The summed E-state index contributed by atoms with van der Waals surface area (Å²) in [6.45, 7) is 8.16. The van der Waals surface area contributed by atoms with Crippen LogP contribution in [0.3, 0.4) is 0 Å². The summed E-state index contributed by atoms with van der Waals surface area (Å²) < 4.78 is 9.64. The van der Waals surface area contributed by atoms with Crippen molar-refractivity contribution in [1.82, 2.24) is 40.4 Å². The van der Waals surface area contributed by atoms with Crippen molar-refractivity contribution in [1.29, 1.82) is 0 Å². The van der Waals surface area contributed by atoms with Crippen LogP contribution < -0.4 is 16.2 Å². The highest BCUT2D eigenvalue weighted by Gasteiger charge is 2.48. The minimum atomic E-state index is -0.785. The lowest BCUT2D eigenvalue weighted by Gasteiger charge is -2.37. The second kappa shape index (κ2) is 17.6. The van der Waals surface area contributed by atoms with E-state index in [9.17, 15) is 24.0 Å². The van der Waals surface area contributed by atoms with Crippen LogP contribution >= 0.6 is 0 Å². The third-order valence-electron chi connectivity index (χ3n) is 13.1. The summed E-state index contributed by atoms with van der Waals surface area (Å²) in [6.07, 6.45) is 6.75. The second-order valence-electron chi connectivity index (χ2n) is 17.7. The van der Waals surface area contributed by atoms with E-state index in [4.69, 9.17) is 19.4 Å². The van der Waals surface area contributed by atoms with E-state index in [1.54, 1.807) is 17.2 Å². The molecule has 15 heteroatoms. The minimum absolute atomic E-state index is 0.00288. The Hall–Kier alpha value is -6.25. The normalized spacial score (nSPS) is 21.0. The van der Waals surface area contributed by atoms with Crippen LogP contribution in [0.15, 0.2) is 65.6 Å². The van der Waals surface area contributed by atoms with Crippen LogP contribution in [0.2, 0.25) is 0 Å². The van der Waals surface area contributed by atoms with Gasteiger partial charge in [0.25, 0.3) is 5.56 Å². The first kappa shape index (κ1) is 42.4. The van der Waals surface area contributed by atoms with E-state index in [1.165, 1.54) is 14.2 Å². The number of likely N-dealkylation sites (tertiary alicyclic amines) is 2. The molecule has 0 bridgehead atoms. The van der Waals surface area contributed by atoms with Gasteiger partial charge in [0.2, 0.25) is 11.8 Å². The van der Waals surface area contributed by atoms with Crippen molar-refractivity contribution in [2.24, 2.45) is 17.8 Å². The van der Waals surface area contributed by atoms with E-state index in [2.05, 4.69) is 50.9 Å². The number of nitrogens with zero attached hydrogens (tertiary/aromatic N) is 4. The van der Waals surface area contributed by atoms with Crippen molar-refractivity contribution in [2.75, 3.05) is 20.8 Å². The maximum absolute atomic E-state index is 14.3. The van der Waals surface area contributed by atoms with Gasteiger partial charge in [-0.05, 0) is 96.0 Å². The molecular formula is C47H56N8O7. The predicted octanol–water partition coefficient (Wildman–Crippen LogP) is 7.39. The first-order chi connectivity index (χ1) is 29.8. The Balaban J connectivity index is 1.04. The molecule has 6 atom stereocenters. The predicted molar refractivity (Wildman–Crippen MR) is 235 cm³/mol. The van der Waals surface area contributed by atoms with E-state index < -0.39 is 30.3 Å². The molecule has 1 aliphatic carbocycles. The van der Waals surface area contributed by atoms with Gasteiger partial charge in [0.1, 0.15) is 23.7 Å².